The third-order valence-corrected chi connectivity index (χ3v) is 4.73. The van der Waals surface area contributed by atoms with Crippen molar-refractivity contribution < 1.29 is 14.3 Å². The van der Waals surface area contributed by atoms with E-state index in [1.54, 1.807) is 4.90 Å². The molecular formula is C20H28N4O3. The Labute approximate surface area is 159 Å². The zero-order chi connectivity index (χ0) is 19.6. The molecule has 1 aliphatic rings. The SMILES string of the molecule is Cn1c(CNC(=O)C2CCCCN2C(=O)OC(C)(C)C)nc2ccccc21. The molecule has 0 spiro atoms. The number of imidazole rings is 1. The second kappa shape index (κ2) is 7.58. The minimum atomic E-state index is -0.581. The Morgan fingerprint density at radius 2 is 2.00 bits per heavy atom. The van der Waals surface area contributed by atoms with Crippen LogP contribution in [0.3, 0.4) is 0 Å². The van der Waals surface area contributed by atoms with Crippen LogP contribution in [0.25, 0.3) is 11.0 Å². The molecule has 1 N–H and O–H groups in total. The normalized spacial score (nSPS) is 17.8. The molecule has 1 fully saturated rings. The quantitative estimate of drug-likeness (QED) is 0.899. The Hall–Kier alpha value is -2.57. The fourth-order valence-corrected chi connectivity index (χ4v) is 3.38. The van der Waals surface area contributed by atoms with E-state index in [2.05, 4.69) is 10.3 Å². The Balaban J connectivity index is 1.67. The van der Waals surface area contributed by atoms with Crippen molar-refractivity contribution in [1.29, 1.82) is 0 Å². The van der Waals surface area contributed by atoms with Gasteiger partial charge >= 0.3 is 6.09 Å². The fourth-order valence-electron chi connectivity index (χ4n) is 3.38. The molecule has 1 atom stereocenters. The Bertz CT molecular complexity index is 837. The maximum Gasteiger partial charge on any atom is 0.410 e. The number of para-hydroxylation sites is 2. The van der Waals surface area contributed by atoms with Crippen molar-refractivity contribution >= 4 is 23.0 Å². The minimum absolute atomic E-state index is 0.160. The molecule has 0 aliphatic carbocycles. The van der Waals surface area contributed by atoms with Crippen LogP contribution in [0.15, 0.2) is 24.3 Å². The summed E-state index contributed by atoms with van der Waals surface area (Å²) >= 11 is 0. The monoisotopic (exact) mass is 372 g/mol. The Morgan fingerprint density at radius 1 is 1.26 bits per heavy atom. The average molecular weight is 372 g/mol. The summed E-state index contributed by atoms with van der Waals surface area (Å²) < 4.78 is 7.44. The van der Waals surface area contributed by atoms with Crippen LogP contribution in [-0.2, 0) is 23.1 Å². The molecule has 146 valence electrons. The highest BCUT2D eigenvalue weighted by Crippen LogP contribution is 2.21. The molecule has 2 amide bonds. The van der Waals surface area contributed by atoms with Crippen LogP contribution < -0.4 is 5.32 Å². The van der Waals surface area contributed by atoms with E-state index < -0.39 is 17.7 Å². The Morgan fingerprint density at radius 3 is 2.70 bits per heavy atom. The molecule has 0 saturated carbocycles. The van der Waals surface area contributed by atoms with E-state index in [9.17, 15) is 9.59 Å². The number of piperidine rings is 1. The van der Waals surface area contributed by atoms with Crippen LogP contribution >= 0.6 is 0 Å². The van der Waals surface area contributed by atoms with Gasteiger partial charge in [-0.25, -0.2) is 9.78 Å². The van der Waals surface area contributed by atoms with Crippen LogP contribution in [0, 0.1) is 0 Å². The van der Waals surface area contributed by atoms with E-state index >= 15 is 0 Å². The zero-order valence-corrected chi connectivity index (χ0v) is 16.5. The standard InChI is InChI=1S/C20H28N4O3/c1-20(2,3)27-19(26)24-12-8-7-11-16(24)18(25)21-13-17-22-14-9-5-6-10-15(14)23(17)4/h5-6,9-10,16H,7-8,11-13H2,1-4H3,(H,21,25). The molecule has 7 nitrogen and oxygen atoms in total. The molecular weight excluding hydrogens is 344 g/mol. The summed E-state index contributed by atoms with van der Waals surface area (Å²) in [4.78, 5) is 31.4. The van der Waals surface area contributed by atoms with Crippen molar-refractivity contribution in [3.05, 3.63) is 30.1 Å². The number of ether oxygens (including phenoxy) is 1. The van der Waals surface area contributed by atoms with Crippen molar-refractivity contribution in [1.82, 2.24) is 19.8 Å². The number of nitrogens with one attached hydrogen (secondary N) is 1. The maximum absolute atomic E-state index is 12.8. The third kappa shape index (κ3) is 4.40. The van der Waals surface area contributed by atoms with E-state index in [4.69, 9.17) is 4.74 Å². The van der Waals surface area contributed by atoms with E-state index in [0.29, 0.717) is 19.5 Å². The molecule has 0 radical (unpaired) electrons. The van der Waals surface area contributed by atoms with Gasteiger partial charge < -0.3 is 14.6 Å². The van der Waals surface area contributed by atoms with Gasteiger partial charge in [-0.1, -0.05) is 12.1 Å². The number of benzene rings is 1. The molecule has 1 aromatic heterocycles. The molecule has 1 aromatic carbocycles. The van der Waals surface area contributed by atoms with Crippen molar-refractivity contribution in [2.45, 2.75) is 58.2 Å². The number of rotatable bonds is 3. The second-order valence-electron chi connectivity index (χ2n) is 7.98. The molecule has 1 saturated heterocycles. The maximum atomic E-state index is 12.8. The predicted octanol–water partition coefficient (Wildman–Crippen LogP) is 2.98. The number of nitrogens with zero attached hydrogens (tertiary/aromatic N) is 3. The van der Waals surface area contributed by atoms with E-state index in [-0.39, 0.29) is 5.91 Å². The minimum Gasteiger partial charge on any atom is -0.444 e. The zero-order valence-electron chi connectivity index (χ0n) is 16.5. The number of aryl methyl sites for hydroxylation is 1. The van der Waals surface area contributed by atoms with E-state index in [0.717, 1.165) is 29.7 Å². The number of fused-ring (bicyclic) bond motifs is 1. The Kier molecular flexibility index (Phi) is 5.39. The number of hydrogen-bond donors (Lipinski definition) is 1. The highest BCUT2D eigenvalue weighted by molar-refractivity contribution is 5.86. The molecule has 1 unspecified atom stereocenters. The molecule has 0 bridgehead atoms. The lowest BCUT2D eigenvalue weighted by atomic mass is 10.0. The van der Waals surface area contributed by atoms with Crippen molar-refractivity contribution in [3.63, 3.8) is 0 Å². The molecule has 27 heavy (non-hydrogen) atoms. The first kappa shape index (κ1) is 19.2. The third-order valence-electron chi connectivity index (χ3n) is 4.73. The number of hydrogen-bond acceptors (Lipinski definition) is 4. The largest absolute Gasteiger partial charge is 0.444 e. The van der Waals surface area contributed by atoms with Crippen molar-refractivity contribution in [2.24, 2.45) is 7.05 Å². The van der Waals surface area contributed by atoms with Crippen LogP contribution in [-0.4, -0.2) is 44.6 Å². The van der Waals surface area contributed by atoms with E-state index in [1.807, 2.05) is 56.7 Å². The van der Waals surface area contributed by atoms with Gasteiger partial charge in [0.1, 0.15) is 17.5 Å². The highest BCUT2D eigenvalue weighted by Gasteiger charge is 2.34. The van der Waals surface area contributed by atoms with Crippen LogP contribution in [0.1, 0.15) is 45.9 Å². The van der Waals surface area contributed by atoms with Gasteiger partial charge in [0, 0.05) is 13.6 Å². The lowest BCUT2D eigenvalue weighted by molar-refractivity contribution is -0.127. The predicted molar refractivity (Wildman–Crippen MR) is 103 cm³/mol. The lowest BCUT2D eigenvalue weighted by Crippen LogP contribution is -2.53. The number of amides is 2. The van der Waals surface area contributed by atoms with Gasteiger partial charge in [-0.15, -0.1) is 0 Å². The van der Waals surface area contributed by atoms with Gasteiger partial charge in [-0.2, -0.15) is 0 Å². The summed E-state index contributed by atoms with van der Waals surface area (Å²) in [6.45, 7) is 6.35. The molecule has 3 rings (SSSR count). The van der Waals surface area contributed by atoms with Crippen LogP contribution in [0.4, 0.5) is 4.79 Å². The molecule has 2 heterocycles. The summed E-state index contributed by atoms with van der Waals surface area (Å²) in [7, 11) is 1.93. The van der Waals surface area contributed by atoms with Gasteiger partial charge in [-0.05, 0) is 52.2 Å². The van der Waals surface area contributed by atoms with Gasteiger partial charge in [-0.3, -0.25) is 9.69 Å². The van der Waals surface area contributed by atoms with E-state index in [1.165, 1.54) is 0 Å². The van der Waals surface area contributed by atoms with Crippen molar-refractivity contribution in [2.75, 3.05) is 6.54 Å². The van der Waals surface area contributed by atoms with Crippen molar-refractivity contribution in [3.8, 4) is 0 Å². The lowest BCUT2D eigenvalue weighted by Gasteiger charge is -2.35. The summed E-state index contributed by atoms with van der Waals surface area (Å²) in [6.07, 6.45) is 2.02. The highest BCUT2D eigenvalue weighted by atomic mass is 16.6. The summed E-state index contributed by atoms with van der Waals surface area (Å²) in [6, 6.07) is 7.36. The summed E-state index contributed by atoms with van der Waals surface area (Å²) in [5, 5.41) is 2.95. The summed E-state index contributed by atoms with van der Waals surface area (Å²) in [5.41, 5.74) is 1.34. The first-order valence-electron chi connectivity index (χ1n) is 9.44. The van der Waals surface area contributed by atoms with Gasteiger partial charge in [0.2, 0.25) is 5.91 Å². The van der Waals surface area contributed by atoms with Gasteiger partial charge in [0.15, 0.2) is 0 Å². The number of aromatic nitrogens is 2. The molecule has 1 aliphatic heterocycles. The topological polar surface area (TPSA) is 76.5 Å². The average Bonchev–Trinajstić information content (AvgIpc) is 2.94. The molecule has 7 heteroatoms. The first-order valence-corrected chi connectivity index (χ1v) is 9.44. The second-order valence-corrected chi connectivity index (χ2v) is 7.98. The number of likely N-dealkylation sites (tertiary alicyclic amines) is 1. The number of carbonyl (C=O) groups excluding carboxylic acids is 2. The summed E-state index contributed by atoms with van der Waals surface area (Å²) in [5.74, 6) is 0.622. The number of carbonyl (C=O) groups is 2. The molecule has 2 aromatic rings. The smallest absolute Gasteiger partial charge is 0.410 e. The van der Waals surface area contributed by atoms with Crippen LogP contribution in [0.5, 0.6) is 0 Å². The van der Waals surface area contributed by atoms with Gasteiger partial charge in [0.25, 0.3) is 0 Å². The van der Waals surface area contributed by atoms with Crippen LogP contribution in [0.2, 0.25) is 0 Å². The fraction of sp³-hybridized carbons (Fsp3) is 0.550. The first-order chi connectivity index (χ1) is 12.8. The van der Waals surface area contributed by atoms with Gasteiger partial charge in [0.05, 0.1) is 17.6 Å².